The van der Waals surface area contributed by atoms with E-state index in [2.05, 4.69) is 16.3 Å². The van der Waals surface area contributed by atoms with Gasteiger partial charge in [-0.2, -0.15) is 5.26 Å². The van der Waals surface area contributed by atoms with Crippen molar-refractivity contribution in [3.05, 3.63) is 29.3 Å². The van der Waals surface area contributed by atoms with Gasteiger partial charge in [0.2, 0.25) is 5.91 Å². The predicted octanol–water partition coefficient (Wildman–Crippen LogP) is 0.514. The average Bonchev–Trinajstić information content (AvgIpc) is 2.54. The van der Waals surface area contributed by atoms with Crippen LogP contribution in [0, 0.1) is 11.3 Å². The highest BCUT2D eigenvalue weighted by Gasteiger charge is 2.28. The average molecular weight is 289 g/mol. The first-order valence-electron chi connectivity index (χ1n) is 6.80. The van der Waals surface area contributed by atoms with Crippen LogP contribution in [-0.2, 0) is 16.1 Å². The van der Waals surface area contributed by atoms with Crippen LogP contribution >= 0.6 is 0 Å². The second-order valence-corrected chi connectivity index (χ2v) is 4.82. The van der Waals surface area contributed by atoms with E-state index in [1.54, 1.807) is 20.2 Å². The Morgan fingerprint density at radius 3 is 3.10 bits per heavy atom. The predicted molar refractivity (Wildman–Crippen MR) is 76.8 cm³/mol. The number of nitrogens with zero attached hydrogens (tertiary/aromatic N) is 2. The SMILES string of the molecule is CNC(=O)C1COCCN1Cc1ccc(C#N)c(OC)c1. The second-order valence-electron chi connectivity index (χ2n) is 4.82. The molecule has 6 heteroatoms. The molecule has 1 saturated heterocycles. The maximum atomic E-state index is 11.9. The molecule has 0 aliphatic carbocycles. The number of benzene rings is 1. The number of hydrogen-bond donors (Lipinski definition) is 1. The highest BCUT2D eigenvalue weighted by atomic mass is 16.5. The smallest absolute Gasteiger partial charge is 0.239 e. The Hall–Kier alpha value is -2.10. The molecular weight excluding hydrogens is 270 g/mol. The van der Waals surface area contributed by atoms with Crippen LogP contribution < -0.4 is 10.1 Å². The zero-order valence-corrected chi connectivity index (χ0v) is 12.3. The number of morpholine rings is 1. The summed E-state index contributed by atoms with van der Waals surface area (Å²) in [5.74, 6) is 0.509. The van der Waals surface area contributed by atoms with Gasteiger partial charge in [-0.1, -0.05) is 6.07 Å². The molecule has 1 unspecified atom stereocenters. The summed E-state index contributed by atoms with van der Waals surface area (Å²) in [6, 6.07) is 7.27. The first-order valence-corrected chi connectivity index (χ1v) is 6.80. The van der Waals surface area contributed by atoms with Crippen molar-refractivity contribution in [3.8, 4) is 11.8 Å². The number of carbonyl (C=O) groups is 1. The molecule has 112 valence electrons. The lowest BCUT2D eigenvalue weighted by molar-refractivity contribution is -0.132. The van der Waals surface area contributed by atoms with Gasteiger partial charge in [-0.05, 0) is 17.7 Å². The molecule has 2 rings (SSSR count). The minimum absolute atomic E-state index is 0.0460. The summed E-state index contributed by atoms with van der Waals surface area (Å²) in [7, 11) is 3.17. The van der Waals surface area contributed by atoms with Crippen LogP contribution in [0.1, 0.15) is 11.1 Å². The van der Waals surface area contributed by atoms with Crippen LogP contribution in [0.4, 0.5) is 0 Å². The molecule has 1 aliphatic rings. The number of amides is 1. The molecule has 6 nitrogen and oxygen atoms in total. The molecule has 0 radical (unpaired) electrons. The Morgan fingerprint density at radius 1 is 1.62 bits per heavy atom. The summed E-state index contributed by atoms with van der Waals surface area (Å²) in [4.78, 5) is 14.0. The van der Waals surface area contributed by atoms with E-state index in [1.165, 1.54) is 0 Å². The van der Waals surface area contributed by atoms with Crippen molar-refractivity contribution in [2.45, 2.75) is 12.6 Å². The minimum atomic E-state index is -0.287. The minimum Gasteiger partial charge on any atom is -0.495 e. The normalized spacial score (nSPS) is 18.8. The molecule has 1 atom stereocenters. The summed E-state index contributed by atoms with van der Waals surface area (Å²) in [6.45, 7) is 2.32. The Morgan fingerprint density at radius 2 is 2.43 bits per heavy atom. The van der Waals surface area contributed by atoms with Crippen LogP contribution in [0.15, 0.2) is 18.2 Å². The van der Waals surface area contributed by atoms with E-state index in [0.29, 0.717) is 37.6 Å². The number of nitriles is 1. The fourth-order valence-electron chi connectivity index (χ4n) is 2.40. The molecule has 1 fully saturated rings. The number of methoxy groups -OCH3 is 1. The third kappa shape index (κ3) is 3.51. The van der Waals surface area contributed by atoms with E-state index in [1.807, 2.05) is 12.1 Å². The van der Waals surface area contributed by atoms with Gasteiger partial charge in [-0.15, -0.1) is 0 Å². The molecule has 0 saturated carbocycles. The van der Waals surface area contributed by atoms with Gasteiger partial charge in [-0.3, -0.25) is 9.69 Å². The van der Waals surface area contributed by atoms with Crippen LogP contribution in [0.2, 0.25) is 0 Å². The maximum absolute atomic E-state index is 11.9. The molecule has 0 aromatic heterocycles. The van der Waals surface area contributed by atoms with Gasteiger partial charge < -0.3 is 14.8 Å². The standard InChI is InChI=1S/C15H19N3O3/c1-17-15(19)13-10-21-6-5-18(13)9-11-3-4-12(8-16)14(7-11)20-2/h3-4,7,13H,5-6,9-10H2,1-2H3,(H,17,19). The van der Waals surface area contributed by atoms with Crippen molar-refractivity contribution in [1.82, 2.24) is 10.2 Å². The van der Waals surface area contributed by atoms with Gasteiger partial charge in [0.05, 0.1) is 25.9 Å². The number of ether oxygens (including phenoxy) is 2. The first-order chi connectivity index (χ1) is 10.2. The van der Waals surface area contributed by atoms with Crippen molar-refractivity contribution >= 4 is 5.91 Å². The first kappa shape index (κ1) is 15.3. The summed E-state index contributed by atoms with van der Waals surface area (Å²) in [6.07, 6.45) is 0. The zero-order valence-electron chi connectivity index (χ0n) is 12.3. The lowest BCUT2D eigenvalue weighted by Gasteiger charge is -2.34. The Balaban J connectivity index is 2.16. The van der Waals surface area contributed by atoms with Gasteiger partial charge >= 0.3 is 0 Å². The largest absolute Gasteiger partial charge is 0.495 e. The number of hydrogen-bond acceptors (Lipinski definition) is 5. The van der Waals surface area contributed by atoms with Gasteiger partial charge in [0, 0.05) is 20.1 Å². The maximum Gasteiger partial charge on any atom is 0.239 e. The van der Waals surface area contributed by atoms with E-state index >= 15 is 0 Å². The lowest BCUT2D eigenvalue weighted by Crippen LogP contribution is -2.52. The topological polar surface area (TPSA) is 74.6 Å². The van der Waals surface area contributed by atoms with Gasteiger partial charge in [-0.25, -0.2) is 0 Å². The number of rotatable bonds is 4. The van der Waals surface area contributed by atoms with Crippen LogP contribution in [0.5, 0.6) is 5.75 Å². The van der Waals surface area contributed by atoms with Crippen molar-refractivity contribution in [1.29, 1.82) is 5.26 Å². The molecule has 1 N–H and O–H groups in total. The quantitative estimate of drug-likeness (QED) is 0.874. The molecule has 1 heterocycles. The Labute approximate surface area is 124 Å². The molecule has 0 bridgehead atoms. The fraction of sp³-hybridized carbons (Fsp3) is 0.467. The van der Waals surface area contributed by atoms with Crippen LogP contribution in [0.3, 0.4) is 0 Å². The van der Waals surface area contributed by atoms with E-state index in [-0.39, 0.29) is 11.9 Å². The van der Waals surface area contributed by atoms with E-state index in [0.717, 1.165) is 5.56 Å². The third-order valence-electron chi connectivity index (χ3n) is 3.56. The molecular formula is C15H19N3O3. The molecule has 0 spiro atoms. The van der Waals surface area contributed by atoms with Crippen molar-refractivity contribution in [2.24, 2.45) is 0 Å². The van der Waals surface area contributed by atoms with Crippen molar-refractivity contribution < 1.29 is 14.3 Å². The monoisotopic (exact) mass is 289 g/mol. The lowest BCUT2D eigenvalue weighted by atomic mass is 10.1. The molecule has 1 aromatic rings. The van der Waals surface area contributed by atoms with Crippen LogP contribution in [-0.4, -0.2) is 50.8 Å². The highest BCUT2D eigenvalue weighted by molar-refractivity contribution is 5.81. The van der Waals surface area contributed by atoms with Crippen LogP contribution in [0.25, 0.3) is 0 Å². The number of nitrogens with one attached hydrogen (secondary N) is 1. The summed E-state index contributed by atoms with van der Waals surface area (Å²) < 4.78 is 10.6. The summed E-state index contributed by atoms with van der Waals surface area (Å²) >= 11 is 0. The fourth-order valence-corrected chi connectivity index (χ4v) is 2.40. The molecule has 1 amide bonds. The van der Waals surface area contributed by atoms with Gasteiger partial charge in [0.1, 0.15) is 17.9 Å². The summed E-state index contributed by atoms with van der Waals surface area (Å²) in [5.41, 5.74) is 1.51. The van der Waals surface area contributed by atoms with Gasteiger partial charge in [0.15, 0.2) is 0 Å². The Kier molecular flexibility index (Phi) is 5.14. The number of likely N-dealkylation sites (N-methyl/N-ethyl adjacent to an activating group) is 1. The Bertz CT molecular complexity index is 554. The van der Waals surface area contributed by atoms with E-state index in [4.69, 9.17) is 14.7 Å². The van der Waals surface area contributed by atoms with Crippen molar-refractivity contribution in [3.63, 3.8) is 0 Å². The zero-order chi connectivity index (χ0) is 15.2. The highest BCUT2D eigenvalue weighted by Crippen LogP contribution is 2.21. The van der Waals surface area contributed by atoms with Gasteiger partial charge in [0.25, 0.3) is 0 Å². The van der Waals surface area contributed by atoms with E-state index in [9.17, 15) is 4.79 Å². The van der Waals surface area contributed by atoms with E-state index < -0.39 is 0 Å². The molecule has 1 aliphatic heterocycles. The molecule has 1 aromatic carbocycles. The summed E-state index contributed by atoms with van der Waals surface area (Å²) in [5, 5.41) is 11.7. The molecule has 21 heavy (non-hydrogen) atoms. The third-order valence-corrected chi connectivity index (χ3v) is 3.56. The van der Waals surface area contributed by atoms with Crippen molar-refractivity contribution in [2.75, 3.05) is 33.9 Å². The number of carbonyl (C=O) groups excluding carboxylic acids is 1. The second kappa shape index (κ2) is 7.07.